The number of nitrogens with zero attached hydrogens (tertiary/aromatic N) is 2. The highest BCUT2D eigenvalue weighted by Crippen LogP contribution is 2.15. The van der Waals surface area contributed by atoms with E-state index < -0.39 is 0 Å². The van der Waals surface area contributed by atoms with Crippen LogP contribution in [0.1, 0.15) is 0 Å². The van der Waals surface area contributed by atoms with Gasteiger partial charge in [0, 0.05) is 13.2 Å². The number of imidazole rings is 1. The van der Waals surface area contributed by atoms with E-state index in [4.69, 9.17) is 0 Å². The first-order valence-corrected chi connectivity index (χ1v) is 3.37. The highest BCUT2D eigenvalue weighted by Gasteiger charge is 1.99. The summed E-state index contributed by atoms with van der Waals surface area (Å²) in [5.41, 5.74) is 2.72. The second-order valence-corrected chi connectivity index (χ2v) is 2.21. The predicted octanol–water partition coefficient (Wildman–Crippen LogP) is 1.000. The first-order chi connectivity index (χ1) is 5.42. The molecule has 0 aliphatic carbocycles. The van der Waals surface area contributed by atoms with E-state index in [2.05, 4.69) is 20.3 Å². The molecule has 0 aromatic carbocycles. The quantitative estimate of drug-likeness (QED) is 0.634. The van der Waals surface area contributed by atoms with Crippen LogP contribution in [-0.2, 0) is 0 Å². The summed E-state index contributed by atoms with van der Waals surface area (Å²) < 4.78 is 0. The highest BCUT2D eigenvalue weighted by atomic mass is 15.0. The molecule has 0 aliphatic rings. The molecule has 2 aromatic rings. The molecular weight excluding hydrogens is 140 g/mol. The van der Waals surface area contributed by atoms with Crippen LogP contribution in [0.15, 0.2) is 18.6 Å². The predicted molar refractivity (Wildman–Crippen MR) is 43.4 cm³/mol. The number of pyridine rings is 1. The van der Waals surface area contributed by atoms with Crippen LogP contribution >= 0.6 is 0 Å². The van der Waals surface area contributed by atoms with Crippen LogP contribution in [0.25, 0.3) is 11.2 Å². The van der Waals surface area contributed by atoms with E-state index in [1.807, 2.05) is 13.1 Å². The number of hydrogen-bond acceptors (Lipinski definition) is 3. The molecular formula is C7H8N4. The molecule has 0 atom stereocenters. The van der Waals surface area contributed by atoms with Crippen LogP contribution in [0, 0.1) is 0 Å². The fourth-order valence-electron chi connectivity index (χ4n) is 1.06. The number of nitrogens with one attached hydrogen (secondary N) is 2. The van der Waals surface area contributed by atoms with Gasteiger partial charge in [-0.25, -0.2) is 9.97 Å². The molecule has 0 spiro atoms. The van der Waals surface area contributed by atoms with E-state index in [0.717, 1.165) is 16.9 Å². The van der Waals surface area contributed by atoms with Gasteiger partial charge in [-0.15, -0.1) is 0 Å². The van der Waals surface area contributed by atoms with Gasteiger partial charge in [-0.2, -0.15) is 0 Å². The molecule has 0 saturated heterocycles. The lowest BCUT2D eigenvalue weighted by atomic mass is 10.4. The summed E-state index contributed by atoms with van der Waals surface area (Å²) in [6.45, 7) is 0. The van der Waals surface area contributed by atoms with Crippen molar-refractivity contribution >= 4 is 16.9 Å². The van der Waals surface area contributed by atoms with Crippen molar-refractivity contribution in [2.24, 2.45) is 0 Å². The number of fused-ring (bicyclic) bond motifs is 1. The van der Waals surface area contributed by atoms with Gasteiger partial charge in [0.05, 0.1) is 12.0 Å². The zero-order valence-electron chi connectivity index (χ0n) is 6.13. The van der Waals surface area contributed by atoms with Gasteiger partial charge in [-0.1, -0.05) is 0 Å². The van der Waals surface area contributed by atoms with Crippen molar-refractivity contribution in [3.63, 3.8) is 0 Å². The maximum atomic E-state index is 4.07. The topological polar surface area (TPSA) is 53.6 Å². The van der Waals surface area contributed by atoms with Crippen LogP contribution in [0.2, 0.25) is 0 Å². The molecule has 2 N–H and O–H groups in total. The Morgan fingerprint density at radius 1 is 1.45 bits per heavy atom. The first-order valence-electron chi connectivity index (χ1n) is 3.37. The van der Waals surface area contributed by atoms with Gasteiger partial charge >= 0.3 is 0 Å². The third-order valence-corrected chi connectivity index (χ3v) is 1.60. The molecule has 4 nitrogen and oxygen atoms in total. The van der Waals surface area contributed by atoms with Gasteiger partial charge < -0.3 is 10.3 Å². The Hall–Kier alpha value is -1.58. The average molecular weight is 148 g/mol. The lowest BCUT2D eigenvalue weighted by molar-refractivity contribution is 1.30. The summed E-state index contributed by atoms with van der Waals surface area (Å²) in [5, 5.41) is 3.04. The Kier molecular flexibility index (Phi) is 1.25. The zero-order chi connectivity index (χ0) is 7.68. The van der Waals surface area contributed by atoms with E-state index in [9.17, 15) is 0 Å². The molecule has 0 bridgehead atoms. The smallest absolute Gasteiger partial charge is 0.179 e. The molecule has 2 rings (SSSR count). The Morgan fingerprint density at radius 3 is 3.18 bits per heavy atom. The van der Waals surface area contributed by atoms with Crippen LogP contribution in [0.3, 0.4) is 0 Å². The molecule has 0 saturated carbocycles. The van der Waals surface area contributed by atoms with Gasteiger partial charge in [0.1, 0.15) is 5.52 Å². The first kappa shape index (κ1) is 6.15. The number of H-pyrrole nitrogens is 1. The SMILES string of the molecule is CNc1ccnc2nc[nH]c12. The van der Waals surface area contributed by atoms with Crippen molar-refractivity contribution in [3.8, 4) is 0 Å². The fourth-order valence-corrected chi connectivity index (χ4v) is 1.06. The van der Waals surface area contributed by atoms with Crippen LogP contribution < -0.4 is 5.32 Å². The van der Waals surface area contributed by atoms with Crippen molar-refractivity contribution < 1.29 is 0 Å². The van der Waals surface area contributed by atoms with Crippen molar-refractivity contribution in [2.75, 3.05) is 12.4 Å². The second kappa shape index (κ2) is 2.23. The summed E-state index contributed by atoms with van der Waals surface area (Å²) in [7, 11) is 1.87. The van der Waals surface area contributed by atoms with E-state index in [-0.39, 0.29) is 0 Å². The maximum absolute atomic E-state index is 4.07. The monoisotopic (exact) mass is 148 g/mol. The Bertz CT molecular complexity index is 365. The number of anilines is 1. The van der Waals surface area contributed by atoms with Gasteiger partial charge in [-0.05, 0) is 6.07 Å². The highest BCUT2D eigenvalue weighted by molar-refractivity contribution is 5.84. The lowest BCUT2D eigenvalue weighted by Crippen LogP contribution is -1.89. The third-order valence-electron chi connectivity index (χ3n) is 1.60. The van der Waals surface area contributed by atoms with Crippen LogP contribution in [0.5, 0.6) is 0 Å². The third kappa shape index (κ3) is 0.832. The molecule has 0 radical (unpaired) electrons. The average Bonchev–Trinajstić information content (AvgIpc) is 2.50. The molecule has 0 fully saturated rings. The molecule has 56 valence electrons. The standard InChI is InChI=1S/C7H8N4/c1-8-5-2-3-9-7-6(5)10-4-11-7/h2-4H,1H3,(H2,8,9,10,11). The number of aromatic amines is 1. The molecule has 0 unspecified atom stereocenters. The summed E-state index contributed by atoms with van der Waals surface area (Å²) >= 11 is 0. The summed E-state index contributed by atoms with van der Waals surface area (Å²) in [6.07, 6.45) is 3.37. The summed E-state index contributed by atoms with van der Waals surface area (Å²) in [4.78, 5) is 11.1. The second-order valence-electron chi connectivity index (χ2n) is 2.21. The summed E-state index contributed by atoms with van der Waals surface area (Å²) in [5.74, 6) is 0. The minimum atomic E-state index is 0.747. The van der Waals surface area contributed by atoms with Crippen molar-refractivity contribution in [1.82, 2.24) is 15.0 Å². The van der Waals surface area contributed by atoms with E-state index >= 15 is 0 Å². The number of hydrogen-bond donors (Lipinski definition) is 2. The van der Waals surface area contributed by atoms with Crippen LogP contribution in [-0.4, -0.2) is 22.0 Å². The van der Waals surface area contributed by atoms with Crippen molar-refractivity contribution in [1.29, 1.82) is 0 Å². The fraction of sp³-hybridized carbons (Fsp3) is 0.143. The minimum absolute atomic E-state index is 0.747. The Balaban J connectivity index is 2.79. The van der Waals surface area contributed by atoms with Gasteiger partial charge in [0.25, 0.3) is 0 Å². The molecule has 2 aromatic heterocycles. The number of rotatable bonds is 1. The van der Waals surface area contributed by atoms with Gasteiger partial charge in [0.2, 0.25) is 0 Å². The summed E-state index contributed by atoms with van der Waals surface area (Å²) in [6, 6.07) is 1.90. The molecule has 2 heterocycles. The Labute approximate surface area is 63.7 Å². The lowest BCUT2D eigenvalue weighted by Gasteiger charge is -1.98. The largest absolute Gasteiger partial charge is 0.386 e. The van der Waals surface area contributed by atoms with E-state index in [0.29, 0.717) is 0 Å². The number of aromatic nitrogens is 3. The van der Waals surface area contributed by atoms with Crippen LogP contribution in [0.4, 0.5) is 5.69 Å². The zero-order valence-corrected chi connectivity index (χ0v) is 6.13. The van der Waals surface area contributed by atoms with Crippen molar-refractivity contribution in [2.45, 2.75) is 0 Å². The van der Waals surface area contributed by atoms with Gasteiger partial charge in [-0.3, -0.25) is 0 Å². The van der Waals surface area contributed by atoms with E-state index in [1.165, 1.54) is 0 Å². The molecule has 0 amide bonds. The van der Waals surface area contributed by atoms with Crippen molar-refractivity contribution in [3.05, 3.63) is 18.6 Å². The molecule has 4 heteroatoms. The van der Waals surface area contributed by atoms with Gasteiger partial charge in [0.15, 0.2) is 5.65 Å². The maximum Gasteiger partial charge on any atom is 0.179 e. The Morgan fingerprint density at radius 2 is 2.36 bits per heavy atom. The van der Waals surface area contributed by atoms with E-state index in [1.54, 1.807) is 12.5 Å². The molecule has 11 heavy (non-hydrogen) atoms. The minimum Gasteiger partial charge on any atom is -0.386 e. The molecule has 0 aliphatic heterocycles. The normalized spacial score (nSPS) is 10.3.